The maximum absolute atomic E-state index is 14.7. The molecule has 1 saturated heterocycles. The predicted molar refractivity (Wildman–Crippen MR) is 146 cm³/mol. The van der Waals surface area contributed by atoms with Gasteiger partial charge in [-0.05, 0) is 69.4 Å². The Hall–Kier alpha value is -3.37. The number of halogens is 1. The summed E-state index contributed by atoms with van der Waals surface area (Å²) in [5.74, 6) is -0.995. The zero-order valence-corrected chi connectivity index (χ0v) is 23.8. The van der Waals surface area contributed by atoms with Crippen LogP contribution in [0.1, 0.15) is 66.4 Å². The Bertz CT molecular complexity index is 1020. The van der Waals surface area contributed by atoms with Gasteiger partial charge in [-0.3, -0.25) is 4.79 Å². The van der Waals surface area contributed by atoms with Gasteiger partial charge in [-0.15, -0.1) is 0 Å². The molecule has 2 atom stereocenters. The van der Waals surface area contributed by atoms with Crippen LogP contribution in [0.4, 0.5) is 14.0 Å². The van der Waals surface area contributed by atoms with Crippen molar-refractivity contribution in [3.8, 4) is 5.75 Å². The van der Waals surface area contributed by atoms with E-state index in [1.54, 1.807) is 45.6 Å². The number of ether oxygens (including phenoxy) is 2. The third-order valence-corrected chi connectivity index (χ3v) is 6.69. The number of rotatable bonds is 10. The van der Waals surface area contributed by atoms with Gasteiger partial charge < -0.3 is 35.5 Å². The molecule has 2 rings (SSSR count). The molecule has 39 heavy (non-hydrogen) atoms. The molecular formula is C28H42FN4O6-. The summed E-state index contributed by atoms with van der Waals surface area (Å²) in [5, 5.41) is 24.0. The number of amidine groups is 1. The first-order valence-corrected chi connectivity index (χ1v) is 13.4. The van der Waals surface area contributed by atoms with E-state index in [1.807, 2.05) is 0 Å². The molecule has 1 aromatic rings. The molecule has 0 aliphatic carbocycles. The molecule has 0 bridgehead atoms. The van der Waals surface area contributed by atoms with Crippen molar-refractivity contribution in [1.82, 2.24) is 15.5 Å². The molecule has 1 aromatic carbocycles. The molecule has 3 amide bonds. The van der Waals surface area contributed by atoms with Crippen LogP contribution in [0.5, 0.6) is 5.75 Å². The van der Waals surface area contributed by atoms with Gasteiger partial charge in [0.25, 0.3) is 0 Å². The Morgan fingerprint density at radius 1 is 1.18 bits per heavy atom. The molecule has 1 aliphatic rings. The number of piperidine rings is 1. The number of carbonyl (C=O) groups excluding carboxylic acids is 2. The van der Waals surface area contributed by atoms with Crippen LogP contribution in [0, 0.1) is 23.6 Å². The summed E-state index contributed by atoms with van der Waals surface area (Å²) in [6, 6.07) is 2.62. The molecule has 0 spiro atoms. The van der Waals surface area contributed by atoms with Gasteiger partial charge in [-0.1, -0.05) is 32.7 Å². The van der Waals surface area contributed by atoms with Gasteiger partial charge >= 0.3 is 12.1 Å². The number of alkyl carbamates (subject to hydrolysis) is 1. The standard InChI is InChI=1S/C28H42FN4O6/c1-17(2)24(30)32-26(36)33-12-9-19(10-13-33)18(3)11-14-38-21-8-7-20(22(29)16-21)15-23(25(34)35)31-27(37)39-28(4,5)6/h7-8,16-19,23H,9-15H2,1-6H3,(H3-,30,31,32,34,35,36,37)/q-1/t18-,23+/m1/s1. The average Bonchev–Trinajstić information content (AvgIpc) is 2.83. The topological polar surface area (TPSA) is 140 Å². The lowest BCUT2D eigenvalue weighted by Gasteiger charge is -2.37. The summed E-state index contributed by atoms with van der Waals surface area (Å²) in [5.41, 5.74) is -0.658. The van der Waals surface area contributed by atoms with Gasteiger partial charge in [0.05, 0.1) is 6.61 Å². The molecular weight excluding hydrogens is 507 g/mol. The van der Waals surface area contributed by atoms with Crippen LogP contribution in [0.25, 0.3) is 5.41 Å². The van der Waals surface area contributed by atoms with E-state index < -0.39 is 29.5 Å². The van der Waals surface area contributed by atoms with E-state index in [9.17, 15) is 29.3 Å². The Labute approximate surface area is 230 Å². The van der Waals surface area contributed by atoms with Crippen molar-refractivity contribution in [2.45, 2.75) is 78.9 Å². The van der Waals surface area contributed by atoms with Gasteiger partial charge in [0.2, 0.25) is 6.03 Å². The summed E-state index contributed by atoms with van der Waals surface area (Å²) >= 11 is 0. The second-order valence-electron chi connectivity index (χ2n) is 11.4. The zero-order valence-electron chi connectivity index (χ0n) is 23.8. The molecule has 1 aliphatic heterocycles. The molecule has 0 saturated carbocycles. The highest BCUT2D eigenvalue weighted by Gasteiger charge is 2.27. The molecule has 218 valence electrons. The SMILES string of the molecule is CC(C)C(=[N-])NC(=O)N1CCC([C@H](C)CCOc2ccc(C[C@H](NC(=O)OC(C)(C)C)C(=O)O)c(F)c2)CC1. The Kier molecular flexibility index (Phi) is 11.5. The number of carboxylic acids is 1. The van der Waals surface area contributed by atoms with Crippen LogP contribution >= 0.6 is 0 Å². The lowest BCUT2D eigenvalue weighted by molar-refractivity contribution is -0.139. The fraction of sp³-hybridized carbons (Fsp3) is 0.643. The first-order valence-electron chi connectivity index (χ1n) is 13.4. The lowest BCUT2D eigenvalue weighted by Crippen LogP contribution is -2.47. The van der Waals surface area contributed by atoms with Crippen molar-refractivity contribution in [3.63, 3.8) is 0 Å². The molecule has 0 aromatic heterocycles. The number of hydrogen-bond donors (Lipinski definition) is 3. The van der Waals surface area contributed by atoms with E-state index in [0.717, 1.165) is 19.3 Å². The highest BCUT2D eigenvalue weighted by molar-refractivity contribution is 6.00. The van der Waals surface area contributed by atoms with Crippen molar-refractivity contribution in [2.75, 3.05) is 19.7 Å². The smallest absolute Gasteiger partial charge is 0.408 e. The average molecular weight is 550 g/mol. The molecule has 0 radical (unpaired) electrons. The van der Waals surface area contributed by atoms with Gasteiger partial charge in [-0.25, -0.2) is 14.0 Å². The summed E-state index contributed by atoms with van der Waals surface area (Å²) in [4.78, 5) is 37.5. The van der Waals surface area contributed by atoms with Crippen molar-refractivity contribution < 1.29 is 33.4 Å². The Balaban J connectivity index is 1.81. The normalized spacial score (nSPS) is 15.8. The predicted octanol–water partition coefficient (Wildman–Crippen LogP) is 4.80. The highest BCUT2D eigenvalue weighted by Crippen LogP contribution is 2.28. The lowest BCUT2D eigenvalue weighted by atomic mass is 9.84. The zero-order chi connectivity index (χ0) is 29.3. The molecule has 10 nitrogen and oxygen atoms in total. The number of aliphatic carboxylic acids is 1. The summed E-state index contributed by atoms with van der Waals surface area (Å²) in [6.07, 6.45) is 1.32. The molecule has 3 N–H and O–H groups in total. The van der Waals surface area contributed by atoms with Crippen LogP contribution < -0.4 is 15.4 Å². The number of carbonyl (C=O) groups is 3. The fourth-order valence-corrected chi connectivity index (χ4v) is 4.26. The number of carboxylic acid groups (broad SMARTS) is 1. The van der Waals surface area contributed by atoms with E-state index in [1.165, 1.54) is 12.1 Å². The van der Waals surface area contributed by atoms with E-state index in [4.69, 9.17) is 9.47 Å². The molecule has 1 heterocycles. The van der Waals surface area contributed by atoms with Crippen LogP contribution in [0.3, 0.4) is 0 Å². The number of benzene rings is 1. The van der Waals surface area contributed by atoms with Crippen molar-refractivity contribution in [2.24, 2.45) is 17.8 Å². The summed E-state index contributed by atoms with van der Waals surface area (Å²) < 4.78 is 25.6. The largest absolute Gasteiger partial charge is 0.493 e. The van der Waals surface area contributed by atoms with E-state index in [-0.39, 0.29) is 29.8 Å². The maximum atomic E-state index is 14.7. The number of nitrogens with zero attached hydrogens (tertiary/aromatic N) is 2. The Morgan fingerprint density at radius 3 is 2.36 bits per heavy atom. The molecule has 0 unspecified atom stereocenters. The van der Waals surface area contributed by atoms with Gasteiger partial charge in [0.1, 0.15) is 23.2 Å². The number of nitrogens with one attached hydrogen (secondary N) is 2. The second-order valence-corrected chi connectivity index (χ2v) is 11.4. The number of likely N-dealkylation sites (tertiary alicyclic amines) is 1. The number of urea groups is 1. The summed E-state index contributed by atoms with van der Waals surface area (Å²) in [7, 11) is 0. The van der Waals surface area contributed by atoms with Crippen LogP contribution in [-0.2, 0) is 16.0 Å². The fourth-order valence-electron chi connectivity index (χ4n) is 4.26. The third kappa shape index (κ3) is 10.7. The second kappa shape index (κ2) is 14.1. The maximum Gasteiger partial charge on any atom is 0.408 e. The quantitative estimate of drug-likeness (QED) is 0.283. The molecule has 11 heteroatoms. The van der Waals surface area contributed by atoms with Gasteiger partial charge in [0, 0.05) is 25.6 Å². The summed E-state index contributed by atoms with van der Waals surface area (Å²) in [6.45, 7) is 12.3. The van der Waals surface area contributed by atoms with Crippen LogP contribution in [0.2, 0.25) is 0 Å². The van der Waals surface area contributed by atoms with Gasteiger partial charge in [0.15, 0.2) is 0 Å². The van der Waals surface area contributed by atoms with E-state index >= 15 is 0 Å². The highest BCUT2D eigenvalue weighted by atomic mass is 19.1. The minimum absolute atomic E-state index is 0.0312. The van der Waals surface area contributed by atoms with Crippen molar-refractivity contribution in [3.05, 3.63) is 35.0 Å². The minimum Gasteiger partial charge on any atom is -0.493 e. The van der Waals surface area contributed by atoms with Crippen LogP contribution in [-0.4, -0.2) is 65.3 Å². The molecule has 1 fully saturated rings. The third-order valence-electron chi connectivity index (χ3n) is 6.69. The monoisotopic (exact) mass is 549 g/mol. The number of hydrogen-bond acceptors (Lipinski definition) is 5. The Morgan fingerprint density at radius 2 is 1.82 bits per heavy atom. The van der Waals surface area contributed by atoms with E-state index in [0.29, 0.717) is 37.3 Å². The first-order chi connectivity index (χ1) is 18.2. The first kappa shape index (κ1) is 31.8. The van der Waals surface area contributed by atoms with E-state index in [2.05, 4.69) is 17.6 Å². The van der Waals surface area contributed by atoms with Crippen molar-refractivity contribution in [1.29, 1.82) is 0 Å². The minimum atomic E-state index is -1.35. The van der Waals surface area contributed by atoms with Crippen molar-refractivity contribution >= 4 is 23.9 Å². The van der Waals surface area contributed by atoms with Gasteiger partial charge in [-0.2, -0.15) is 0 Å². The van der Waals surface area contributed by atoms with Crippen LogP contribution in [0.15, 0.2) is 18.2 Å². The number of amides is 3.